The van der Waals surface area contributed by atoms with E-state index in [1.54, 1.807) is 0 Å². The molecule has 0 fully saturated rings. The van der Waals surface area contributed by atoms with Crippen molar-refractivity contribution in [2.75, 3.05) is 18.0 Å². The molecule has 0 aromatic heterocycles. The first-order valence-electron chi connectivity index (χ1n) is 10.1. The van der Waals surface area contributed by atoms with Crippen LogP contribution in [-0.4, -0.2) is 13.1 Å². The van der Waals surface area contributed by atoms with Crippen molar-refractivity contribution in [1.29, 1.82) is 15.8 Å². The van der Waals surface area contributed by atoms with Gasteiger partial charge in [0.1, 0.15) is 0 Å². The van der Waals surface area contributed by atoms with Gasteiger partial charge >= 0.3 is 0 Å². The maximum absolute atomic E-state index is 9.52. The molecule has 0 spiro atoms. The Balaban J connectivity index is 1.85. The SMILES string of the molecule is C=C1CCN2CCC(C)(C)c3cc(C=Cc4c(C#N)cc(C#N)cc4C#N)cc1c32. The predicted octanol–water partition coefficient (Wildman–Crippen LogP) is 5.38. The van der Waals surface area contributed by atoms with Crippen LogP contribution in [0.4, 0.5) is 5.69 Å². The van der Waals surface area contributed by atoms with Gasteiger partial charge in [-0.1, -0.05) is 32.6 Å². The highest BCUT2D eigenvalue weighted by Crippen LogP contribution is 2.47. The van der Waals surface area contributed by atoms with Crippen LogP contribution in [0.1, 0.15) is 65.6 Å². The van der Waals surface area contributed by atoms with Crippen LogP contribution >= 0.6 is 0 Å². The number of hydrogen-bond donors (Lipinski definition) is 0. The molecule has 0 saturated heterocycles. The molecule has 0 saturated carbocycles. The molecule has 30 heavy (non-hydrogen) atoms. The summed E-state index contributed by atoms with van der Waals surface area (Å²) in [6, 6.07) is 13.7. The van der Waals surface area contributed by atoms with E-state index in [9.17, 15) is 10.5 Å². The maximum atomic E-state index is 9.52. The number of rotatable bonds is 2. The molecule has 2 aliphatic rings. The van der Waals surface area contributed by atoms with Gasteiger partial charge < -0.3 is 4.90 Å². The monoisotopic (exact) mass is 390 g/mol. The summed E-state index contributed by atoms with van der Waals surface area (Å²) in [5.74, 6) is 0. The van der Waals surface area contributed by atoms with Crippen LogP contribution < -0.4 is 4.90 Å². The summed E-state index contributed by atoms with van der Waals surface area (Å²) < 4.78 is 0. The Bertz CT molecular complexity index is 1190. The molecular weight excluding hydrogens is 368 g/mol. The molecule has 0 amide bonds. The van der Waals surface area contributed by atoms with Crippen molar-refractivity contribution in [2.24, 2.45) is 0 Å². The summed E-state index contributed by atoms with van der Waals surface area (Å²) in [7, 11) is 0. The standard InChI is InChI=1S/C26H22N4/c1-17-6-8-30-9-7-26(2,3)24-13-18(12-23(17)25(24)30)4-5-22-20(15-28)10-19(14-27)11-21(22)16-29/h4-5,10-13H,1,6-9H2,2-3H3. The molecule has 4 nitrogen and oxygen atoms in total. The van der Waals surface area contributed by atoms with Crippen LogP contribution in [0, 0.1) is 34.0 Å². The topological polar surface area (TPSA) is 74.6 Å². The smallest absolute Gasteiger partial charge is 0.0998 e. The lowest BCUT2D eigenvalue weighted by molar-refractivity contribution is 0.452. The van der Waals surface area contributed by atoms with E-state index in [-0.39, 0.29) is 5.41 Å². The Morgan fingerprint density at radius 2 is 1.67 bits per heavy atom. The largest absolute Gasteiger partial charge is 0.370 e. The molecule has 0 bridgehead atoms. The van der Waals surface area contributed by atoms with Crippen LogP contribution in [0.25, 0.3) is 17.7 Å². The third kappa shape index (κ3) is 3.16. The highest BCUT2D eigenvalue weighted by atomic mass is 15.1. The molecule has 2 aliphatic heterocycles. The van der Waals surface area contributed by atoms with Gasteiger partial charge in [0.05, 0.1) is 34.9 Å². The molecular formula is C26H22N4. The molecule has 4 rings (SSSR count). The van der Waals surface area contributed by atoms with Crippen LogP contribution in [0.3, 0.4) is 0 Å². The second-order valence-electron chi connectivity index (χ2n) is 8.59. The van der Waals surface area contributed by atoms with Gasteiger partial charge in [-0.15, -0.1) is 0 Å². The van der Waals surface area contributed by atoms with Crippen LogP contribution in [0.2, 0.25) is 0 Å². The normalized spacial score (nSPS) is 16.5. The Hall–Kier alpha value is -3.81. The van der Waals surface area contributed by atoms with Crippen LogP contribution in [-0.2, 0) is 5.41 Å². The van der Waals surface area contributed by atoms with Gasteiger partial charge in [-0.3, -0.25) is 0 Å². The molecule has 2 aromatic rings. The molecule has 0 N–H and O–H groups in total. The average molecular weight is 390 g/mol. The lowest BCUT2D eigenvalue weighted by Gasteiger charge is -2.44. The second kappa shape index (κ2) is 7.22. The summed E-state index contributed by atoms with van der Waals surface area (Å²) >= 11 is 0. The van der Waals surface area contributed by atoms with Gasteiger partial charge in [-0.2, -0.15) is 15.8 Å². The van der Waals surface area contributed by atoms with Gasteiger partial charge in [0.15, 0.2) is 0 Å². The Morgan fingerprint density at radius 1 is 0.967 bits per heavy atom. The average Bonchev–Trinajstić information content (AvgIpc) is 2.75. The van der Waals surface area contributed by atoms with Crippen molar-refractivity contribution in [3.05, 3.63) is 69.8 Å². The van der Waals surface area contributed by atoms with Crippen molar-refractivity contribution >= 4 is 23.4 Å². The van der Waals surface area contributed by atoms with E-state index in [1.807, 2.05) is 18.2 Å². The first kappa shape index (κ1) is 19.5. The van der Waals surface area contributed by atoms with Crippen molar-refractivity contribution < 1.29 is 0 Å². The van der Waals surface area contributed by atoms with Crippen molar-refractivity contribution in [3.63, 3.8) is 0 Å². The quantitative estimate of drug-likeness (QED) is 0.646. The number of nitriles is 3. The van der Waals surface area contributed by atoms with Gasteiger partial charge in [-0.25, -0.2) is 0 Å². The van der Waals surface area contributed by atoms with E-state index >= 15 is 0 Å². The highest BCUT2D eigenvalue weighted by Gasteiger charge is 2.35. The van der Waals surface area contributed by atoms with E-state index in [4.69, 9.17) is 5.26 Å². The number of nitrogens with zero attached hydrogens (tertiary/aromatic N) is 4. The van der Waals surface area contributed by atoms with Crippen molar-refractivity contribution in [1.82, 2.24) is 0 Å². The van der Waals surface area contributed by atoms with E-state index in [1.165, 1.54) is 28.9 Å². The first-order valence-corrected chi connectivity index (χ1v) is 10.1. The Morgan fingerprint density at radius 3 is 2.30 bits per heavy atom. The zero-order valence-corrected chi connectivity index (χ0v) is 17.3. The molecule has 146 valence electrons. The zero-order valence-electron chi connectivity index (χ0n) is 17.3. The first-order chi connectivity index (χ1) is 14.4. The fourth-order valence-electron chi connectivity index (χ4n) is 4.43. The van der Waals surface area contributed by atoms with E-state index in [0.29, 0.717) is 22.3 Å². The van der Waals surface area contributed by atoms with E-state index in [0.717, 1.165) is 37.1 Å². The molecule has 0 aliphatic carbocycles. The third-order valence-electron chi connectivity index (χ3n) is 6.24. The summed E-state index contributed by atoms with van der Waals surface area (Å²) in [5.41, 5.74) is 7.62. The zero-order chi connectivity index (χ0) is 21.5. The van der Waals surface area contributed by atoms with Gasteiger partial charge in [0.25, 0.3) is 0 Å². The predicted molar refractivity (Wildman–Crippen MR) is 119 cm³/mol. The molecule has 0 atom stereocenters. The minimum absolute atomic E-state index is 0.0755. The maximum Gasteiger partial charge on any atom is 0.0998 e. The Kier molecular flexibility index (Phi) is 4.69. The van der Waals surface area contributed by atoms with Crippen molar-refractivity contribution in [3.8, 4) is 18.2 Å². The fourth-order valence-corrected chi connectivity index (χ4v) is 4.43. The van der Waals surface area contributed by atoms with Crippen molar-refractivity contribution in [2.45, 2.75) is 32.1 Å². The van der Waals surface area contributed by atoms with Gasteiger partial charge in [0.2, 0.25) is 0 Å². The lowest BCUT2D eigenvalue weighted by Crippen LogP contribution is -2.40. The molecule has 0 radical (unpaired) electrons. The molecule has 2 aromatic carbocycles. The highest BCUT2D eigenvalue weighted by molar-refractivity contribution is 5.86. The third-order valence-corrected chi connectivity index (χ3v) is 6.24. The Labute approximate surface area is 177 Å². The van der Waals surface area contributed by atoms with Crippen LogP contribution in [0.15, 0.2) is 30.8 Å². The minimum Gasteiger partial charge on any atom is -0.370 e. The minimum atomic E-state index is 0.0755. The number of anilines is 1. The summed E-state index contributed by atoms with van der Waals surface area (Å²) in [5, 5.41) is 28.2. The molecule has 4 heteroatoms. The fraction of sp³-hybridized carbons (Fsp3) is 0.269. The summed E-state index contributed by atoms with van der Waals surface area (Å²) in [6.45, 7) is 11.0. The summed E-state index contributed by atoms with van der Waals surface area (Å²) in [6.07, 6.45) is 5.83. The molecule has 0 unspecified atom stereocenters. The van der Waals surface area contributed by atoms with Crippen LogP contribution in [0.5, 0.6) is 0 Å². The van der Waals surface area contributed by atoms with E-state index in [2.05, 4.69) is 49.6 Å². The molecule has 2 heterocycles. The number of hydrogen-bond acceptors (Lipinski definition) is 4. The second-order valence-corrected chi connectivity index (χ2v) is 8.59. The van der Waals surface area contributed by atoms with Gasteiger partial charge in [-0.05, 0) is 59.2 Å². The van der Waals surface area contributed by atoms with E-state index < -0.39 is 0 Å². The van der Waals surface area contributed by atoms with Gasteiger partial charge in [0, 0.05) is 29.9 Å². The summed E-state index contributed by atoms with van der Waals surface area (Å²) in [4.78, 5) is 2.47. The lowest BCUT2D eigenvalue weighted by atomic mass is 9.74. The number of benzene rings is 2.